The number of hydrazone groups is 1. The Bertz CT molecular complexity index is 930. The molecule has 0 aliphatic heterocycles. The van der Waals surface area contributed by atoms with E-state index in [4.69, 9.17) is 4.74 Å². The molecule has 0 aliphatic rings. The molecule has 0 atom stereocenters. The maximum atomic E-state index is 13.2. The van der Waals surface area contributed by atoms with Crippen LogP contribution in [-0.2, 0) is 22.1 Å². The molecule has 1 heterocycles. The summed E-state index contributed by atoms with van der Waals surface area (Å²) in [6.07, 6.45) is -9.49. The van der Waals surface area contributed by atoms with E-state index in [1.54, 1.807) is 12.3 Å². The van der Waals surface area contributed by atoms with Gasteiger partial charge in [-0.1, -0.05) is 0 Å². The summed E-state index contributed by atoms with van der Waals surface area (Å²) in [5.74, 6) is -1.87. The van der Waals surface area contributed by atoms with Crippen molar-refractivity contribution in [2.75, 3.05) is 12.0 Å². The molecule has 164 valence electrons. The molecule has 6 nitrogen and oxygen atoms in total. The van der Waals surface area contributed by atoms with Gasteiger partial charge in [0.25, 0.3) is 0 Å². The lowest BCUT2D eigenvalue weighted by atomic mass is 10.1. The zero-order valence-electron chi connectivity index (χ0n) is 14.9. The highest BCUT2D eigenvalue weighted by atomic mass is 79.9. The number of nitrogens with zero attached hydrogens (tertiary/aromatic N) is 2. The zero-order valence-corrected chi connectivity index (χ0v) is 17.3. The van der Waals surface area contributed by atoms with Gasteiger partial charge in [-0.05, 0) is 40.5 Å². The molecule has 0 saturated heterocycles. The molecule has 0 radical (unpaired) electrons. The number of carbonyl (C=O) groups excluding carboxylic acids is 1. The van der Waals surface area contributed by atoms with Crippen molar-refractivity contribution >= 4 is 44.6 Å². The lowest BCUT2D eigenvalue weighted by Crippen LogP contribution is -2.20. The third kappa shape index (κ3) is 7.16. The number of benzene rings is 1. The number of thiazole rings is 1. The van der Waals surface area contributed by atoms with Crippen LogP contribution in [0, 0.1) is 0 Å². The van der Waals surface area contributed by atoms with Crippen LogP contribution in [0.3, 0.4) is 0 Å². The minimum atomic E-state index is -5.30. The van der Waals surface area contributed by atoms with Crippen LogP contribution in [0.5, 0.6) is 5.75 Å². The highest BCUT2D eigenvalue weighted by Crippen LogP contribution is 2.43. The molecule has 1 aromatic carbocycles. The first kappa shape index (κ1) is 23.9. The quantitative estimate of drug-likeness (QED) is 0.230. The van der Waals surface area contributed by atoms with E-state index in [0.717, 1.165) is 23.6 Å². The number of anilines is 1. The number of hydrogen-bond donors (Lipinski definition) is 1. The molecule has 1 N–H and O–H groups in total. The van der Waals surface area contributed by atoms with Crippen LogP contribution >= 0.6 is 27.3 Å². The Morgan fingerprint density at radius 3 is 2.60 bits per heavy atom. The molecule has 30 heavy (non-hydrogen) atoms. The summed E-state index contributed by atoms with van der Waals surface area (Å²) >= 11 is 3.74. The van der Waals surface area contributed by atoms with Crippen LogP contribution in [0.4, 0.5) is 31.5 Å². The fraction of sp³-hybridized carbons (Fsp3) is 0.312. The Morgan fingerprint density at radius 2 is 2.00 bits per heavy atom. The Labute approximate surface area is 178 Å². The normalized spacial score (nSPS) is 12.3. The van der Waals surface area contributed by atoms with Crippen molar-refractivity contribution in [2.24, 2.45) is 5.10 Å². The average molecular weight is 520 g/mol. The number of carbonyl (C=O) groups is 1. The molecule has 0 fully saturated rings. The second kappa shape index (κ2) is 9.64. The first-order valence-corrected chi connectivity index (χ1v) is 9.62. The van der Waals surface area contributed by atoms with E-state index in [2.05, 4.69) is 36.2 Å². The summed E-state index contributed by atoms with van der Waals surface area (Å²) in [6.45, 7) is 1.88. The standard InChI is InChI=1S/C16H12BrF6N3O3S/c1-2-28-12(27)5-9-7-30-14(25-9)26-24-6-8-3-10(15(18,19)20)13(11(17)4-8)29-16(21,22)23/h3-4,6-7H,2,5H2,1H3,(H,25,26). The SMILES string of the molecule is CCOC(=O)Cc1csc(NN=Cc2cc(Br)c(OC(F)(F)F)c(C(F)(F)F)c2)n1. The van der Waals surface area contributed by atoms with Crippen LogP contribution < -0.4 is 10.2 Å². The number of halogens is 7. The Kier molecular flexibility index (Phi) is 7.69. The summed E-state index contributed by atoms with van der Waals surface area (Å²) < 4.78 is 84.5. The second-order valence-corrected chi connectivity index (χ2v) is 7.13. The van der Waals surface area contributed by atoms with Crippen LogP contribution in [0.15, 0.2) is 27.1 Å². The van der Waals surface area contributed by atoms with Gasteiger partial charge in [0.1, 0.15) is 0 Å². The summed E-state index contributed by atoms with van der Waals surface area (Å²) in [4.78, 5) is 15.4. The van der Waals surface area contributed by atoms with E-state index in [0.29, 0.717) is 11.8 Å². The van der Waals surface area contributed by atoms with Crippen LogP contribution in [-0.4, -0.2) is 30.1 Å². The summed E-state index contributed by atoms with van der Waals surface area (Å²) in [5, 5.41) is 5.53. The van der Waals surface area contributed by atoms with Crippen molar-refractivity contribution in [1.29, 1.82) is 0 Å². The molecule has 0 amide bonds. The molecule has 2 aromatic rings. The van der Waals surface area contributed by atoms with Gasteiger partial charge in [-0.15, -0.1) is 24.5 Å². The first-order valence-electron chi connectivity index (χ1n) is 7.94. The van der Waals surface area contributed by atoms with E-state index in [1.165, 1.54) is 0 Å². The maximum Gasteiger partial charge on any atom is 0.573 e. The molecule has 0 unspecified atom stereocenters. The third-order valence-electron chi connectivity index (χ3n) is 3.15. The molecule has 0 bridgehead atoms. The van der Waals surface area contributed by atoms with Gasteiger partial charge in [0, 0.05) is 5.38 Å². The summed E-state index contributed by atoms with van der Waals surface area (Å²) in [7, 11) is 0. The van der Waals surface area contributed by atoms with Gasteiger partial charge < -0.3 is 9.47 Å². The highest BCUT2D eigenvalue weighted by Gasteiger charge is 2.40. The molecule has 0 spiro atoms. The minimum Gasteiger partial charge on any atom is -0.466 e. The van der Waals surface area contributed by atoms with E-state index in [9.17, 15) is 31.1 Å². The number of nitrogens with one attached hydrogen (secondary N) is 1. The van der Waals surface area contributed by atoms with Gasteiger partial charge in [0.15, 0.2) is 5.75 Å². The van der Waals surface area contributed by atoms with Crippen molar-refractivity contribution in [3.63, 3.8) is 0 Å². The van der Waals surface area contributed by atoms with Gasteiger partial charge in [-0.25, -0.2) is 4.98 Å². The number of ether oxygens (including phenoxy) is 2. The second-order valence-electron chi connectivity index (χ2n) is 5.42. The fourth-order valence-corrected chi connectivity index (χ4v) is 3.30. The largest absolute Gasteiger partial charge is 0.573 e. The molecule has 2 rings (SSSR count). The number of alkyl halides is 6. The number of aromatic nitrogens is 1. The topological polar surface area (TPSA) is 72.8 Å². The van der Waals surface area contributed by atoms with Crippen molar-refractivity contribution in [3.8, 4) is 5.75 Å². The predicted molar refractivity (Wildman–Crippen MR) is 99.5 cm³/mol. The molecular formula is C16H12BrF6N3O3S. The van der Waals surface area contributed by atoms with E-state index < -0.39 is 34.3 Å². The minimum absolute atomic E-state index is 0.0573. The molecule has 0 saturated carbocycles. The van der Waals surface area contributed by atoms with Gasteiger partial charge in [0.2, 0.25) is 5.13 Å². The van der Waals surface area contributed by atoms with E-state index in [-0.39, 0.29) is 23.7 Å². The van der Waals surface area contributed by atoms with Crippen LogP contribution in [0.2, 0.25) is 0 Å². The van der Waals surface area contributed by atoms with Crippen molar-refractivity contribution in [3.05, 3.63) is 38.8 Å². The van der Waals surface area contributed by atoms with Gasteiger partial charge >= 0.3 is 18.5 Å². The monoisotopic (exact) mass is 519 g/mol. The van der Waals surface area contributed by atoms with Gasteiger partial charge in [0.05, 0.1) is 35.0 Å². The van der Waals surface area contributed by atoms with E-state index in [1.807, 2.05) is 0 Å². The highest BCUT2D eigenvalue weighted by molar-refractivity contribution is 9.10. The number of rotatable bonds is 7. The summed E-state index contributed by atoms with van der Waals surface area (Å²) in [6, 6.07) is 1.45. The predicted octanol–water partition coefficient (Wildman–Crippen LogP) is 5.37. The molecular weight excluding hydrogens is 508 g/mol. The fourth-order valence-electron chi connectivity index (χ4n) is 2.08. The van der Waals surface area contributed by atoms with Crippen molar-refractivity contribution in [2.45, 2.75) is 25.9 Å². The zero-order chi connectivity index (χ0) is 22.5. The molecule has 14 heteroatoms. The number of esters is 1. The third-order valence-corrected chi connectivity index (χ3v) is 4.53. The van der Waals surface area contributed by atoms with Crippen LogP contribution in [0.1, 0.15) is 23.7 Å². The summed E-state index contributed by atoms with van der Waals surface area (Å²) in [5.41, 5.74) is 1.10. The molecule has 1 aromatic heterocycles. The number of hydrogen-bond acceptors (Lipinski definition) is 7. The lowest BCUT2D eigenvalue weighted by molar-refractivity contribution is -0.276. The first-order chi connectivity index (χ1) is 13.9. The molecule has 0 aliphatic carbocycles. The van der Waals surface area contributed by atoms with Crippen molar-refractivity contribution in [1.82, 2.24) is 4.98 Å². The van der Waals surface area contributed by atoms with Crippen LogP contribution in [0.25, 0.3) is 0 Å². The Hall–Kier alpha value is -2.35. The smallest absolute Gasteiger partial charge is 0.466 e. The Balaban J connectivity index is 2.17. The van der Waals surface area contributed by atoms with Gasteiger partial charge in [-0.3, -0.25) is 10.2 Å². The average Bonchev–Trinajstić information content (AvgIpc) is 3.02. The lowest BCUT2D eigenvalue weighted by Gasteiger charge is -2.17. The van der Waals surface area contributed by atoms with Crippen molar-refractivity contribution < 1.29 is 40.6 Å². The van der Waals surface area contributed by atoms with Gasteiger partial charge in [-0.2, -0.15) is 18.3 Å². The van der Waals surface area contributed by atoms with E-state index >= 15 is 0 Å². The maximum absolute atomic E-state index is 13.2. The Morgan fingerprint density at radius 1 is 1.30 bits per heavy atom.